The summed E-state index contributed by atoms with van der Waals surface area (Å²) in [4.78, 5) is 15.1. The summed E-state index contributed by atoms with van der Waals surface area (Å²) in [5, 5.41) is 18.8. The molecule has 6 heteroatoms. The lowest BCUT2D eigenvalue weighted by Gasteiger charge is -2.32. The third-order valence-corrected chi connectivity index (χ3v) is 5.18. The molecule has 2 aromatic carbocycles. The molecule has 0 aromatic heterocycles. The van der Waals surface area contributed by atoms with Gasteiger partial charge in [0.15, 0.2) is 0 Å². The molecule has 29 heavy (non-hydrogen) atoms. The van der Waals surface area contributed by atoms with Crippen LogP contribution in [-0.2, 0) is 4.79 Å². The zero-order valence-electron chi connectivity index (χ0n) is 17.4. The minimum absolute atomic E-state index is 0.0679. The summed E-state index contributed by atoms with van der Waals surface area (Å²) in [5.74, 6) is 0.859. The Morgan fingerprint density at radius 3 is 1.69 bits per heavy atom. The quantitative estimate of drug-likeness (QED) is 0.605. The van der Waals surface area contributed by atoms with Crippen LogP contribution in [0.15, 0.2) is 48.5 Å². The fraction of sp³-hybridized carbons (Fsp3) is 0.435. The average Bonchev–Trinajstić information content (AvgIpc) is 2.77. The molecule has 0 fully saturated rings. The zero-order valence-corrected chi connectivity index (χ0v) is 17.4. The maximum absolute atomic E-state index is 13.5. The van der Waals surface area contributed by atoms with E-state index in [-0.39, 0.29) is 38.1 Å². The van der Waals surface area contributed by atoms with Gasteiger partial charge in [-0.2, -0.15) is 0 Å². The summed E-state index contributed by atoms with van der Waals surface area (Å²) < 4.78 is 10.5. The molecule has 0 aliphatic carbocycles. The SMILES string of the molecule is CCC(c1ccc(OC)cc1)C(C(=O)N(CCO)CCO)c1ccc(OC)cc1. The van der Waals surface area contributed by atoms with E-state index in [0.717, 1.165) is 29.0 Å². The van der Waals surface area contributed by atoms with Gasteiger partial charge in [0.1, 0.15) is 11.5 Å². The molecule has 2 unspecified atom stereocenters. The van der Waals surface area contributed by atoms with Crippen molar-refractivity contribution in [2.75, 3.05) is 40.5 Å². The maximum atomic E-state index is 13.5. The summed E-state index contributed by atoms with van der Waals surface area (Å²) >= 11 is 0. The van der Waals surface area contributed by atoms with Crippen molar-refractivity contribution in [1.29, 1.82) is 0 Å². The molecule has 0 saturated heterocycles. The summed E-state index contributed by atoms with van der Waals surface area (Å²) in [6, 6.07) is 15.3. The van der Waals surface area contributed by atoms with Crippen LogP contribution in [0.4, 0.5) is 0 Å². The van der Waals surface area contributed by atoms with Gasteiger partial charge in [0, 0.05) is 13.1 Å². The number of hydrogen-bond acceptors (Lipinski definition) is 5. The van der Waals surface area contributed by atoms with E-state index < -0.39 is 5.92 Å². The van der Waals surface area contributed by atoms with Gasteiger partial charge in [-0.05, 0) is 47.7 Å². The number of nitrogens with zero attached hydrogens (tertiary/aromatic N) is 1. The molecule has 2 atom stereocenters. The molecule has 158 valence electrons. The molecule has 6 nitrogen and oxygen atoms in total. The summed E-state index contributed by atoms with van der Waals surface area (Å²) in [5.41, 5.74) is 1.91. The maximum Gasteiger partial charge on any atom is 0.230 e. The van der Waals surface area contributed by atoms with Gasteiger partial charge in [-0.25, -0.2) is 0 Å². The molecule has 2 N–H and O–H groups in total. The lowest BCUT2D eigenvalue weighted by molar-refractivity contribution is -0.134. The van der Waals surface area contributed by atoms with E-state index in [0.29, 0.717) is 0 Å². The second-order valence-electron chi connectivity index (χ2n) is 6.81. The lowest BCUT2D eigenvalue weighted by atomic mass is 9.78. The first kappa shape index (κ1) is 22.7. The monoisotopic (exact) mass is 401 g/mol. The fourth-order valence-corrected chi connectivity index (χ4v) is 3.64. The smallest absolute Gasteiger partial charge is 0.230 e. The standard InChI is InChI=1S/C23H31NO5/c1-4-21(17-5-9-19(28-2)10-6-17)22(18-7-11-20(29-3)12-8-18)23(27)24(13-15-25)14-16-26/h5-12,21-22,25-26H,4,13-16H2,1-3H3. The van der Waals surface area contributed by atoms with Gasteiger partial charge in [0.25, 0.3) is 0 Å². The number of benzene rings is 2. The van der Waals surface area contributed by atoms with Crippen molar-refractivity contribution < 1.29 is 24.5 Å². The Kier molecular flexibility index (Phi) is 8.96. The number of rotatable bonds is 11. The van der Waals surface area contributed by atoms with Crippen molar-refractivity contribution in [1.82, 2.24) is 4.90 Å². The predicted molar refractivity (Wildman–Crippen MR) is 113 cm³/mol. The zero-order chi connectivity index (χ0) is 21.2. The number of hydrogen-bond donors (Lipinski definition) is 2. The highest BCUT2D eigenvalue weighted by Crippen LogP contribution is 2.38. The van der Waals surface area contributed by atoms with E-state index >= 15 is 0 Å². The van der Waals surface area contributed by atoms with Crippen molar-refractivity contribution in [3.8, 4) is 11.5 Å². The number of carbonyl (C=O) groups excluding carboxylic acids is 1. The highest BCUT2D eigenvalue weighted by Gasteiger charge is 2.33. The van der Waals surface area contributed by atoms with Crippen LogP contribution in [0.3, 0.4) is 0 Å². The Bertz CT molecular complexity index is 739. The van der Waals surface area contributed by atoms with Gasteiger partial charge in [0.05, 0.1) is 33.4 Å². The van der Waals surface area contributed by atoms with Crippen molar-refractivity contribution in [2.45, 2.75) is 25.2 Å². The number of aliphatic hydroxyl groups excluding tert-OH is 2. The van der Waals surface area contributed by atoms with Gasteiger partial charge in [-0.1, -0.05) is 31.2 Å². The molecule has 0 aliphatic rings. The molecule has 1 amide bonds. The Morgan fingerprint density at radius 2 is 1.31 bits per heavy atom. The largest absolute Gasteiger partial charge is 0.497 e. The summed E-state index contributed by atoms with van der Waals surface area (Å²) in [6.45, 7) is 2.12. The van der Waals surface area contributed by atoms with E-state index in [1.165, 1.54) is 4.90 Å². The third kappa shape index (κ3) is 5.71. The molecule has 0 saturated carbocycles. The van der Waals surface area contributed by atoms with Crippen molar-refractivity contribution >= 4 is 5.91 Å². The minimum Gasteiger partial charge on any atom is -0.497 e. The van der Waals surface area contributed by atoms with Crippen molar-refractivity contribution in [3.63, 3.8) is 0 Å². The number of aliphatic hydroxyl groups is 2. The van der Waals surface area contributed by atoms with Crippen molar-refractivity contribution in [3.05, 3.63) is 59.7 Å². The van der Waals surface area contributed by atoms with Gasteiger partial charge >= 0.3 is 0 Å². The Morgan fingerprint density at radius 1 is 0.862 bits per heavy atom. The molecular weight excluding hydrogens is 370 g/mol. The molecule has 2 rings (SSSR count). The molecule has 0 aliphatic heterocycles. The number of amides is 1. The summed E-state index contributed by atoms with van der Waals surface area (Å²) in [7, 11) is 3.23. The lowest BCUT2D eigenvalue weighted by Crippen LogP contribution is -2.40. The van der Waals surface area contributed by atoms with Crippen LogP contribution in [0.25, 0.3) is 0 Å². The van der Waals surface area contributed by atoms with Gasteiger partial charge in [-0.3, -0.25) is 4.79 Å². The van der Waals surface area contributed by atoms with Crippen LogP contribution in [0.2, 0.25) is 0 Å². The second kappa shape index (κ2) is 11.4. The minimum atomic E-state index is -0.447. The van der Waals surface area contributed by atoms with E-state index in [1.54, 1.807) is 14.2 Å². The normalized spacial score (nSPS) is 12.9. The Hall–Kier alpha value is -2.57. The molecular formula is C23H31NO5. The third-order valence-electron chi connectivity index (χ3n) is 5.18. The van der Waals surface area contributed by atoms with Crippen LogP contribution in [0.1, 0.15) is 36.3 Å². The molecule has 0 spiro atoms. The van der Waals surface area contributed by atoms with Gasteiger partial charge < -0.3 is 24.6 Å². The fourth-order valence-electron chi connectivity index (χ4n) is 3.64. The highest BCUT2D eigenvalue weighted by molar-refractivity contribution is 5.85. The second-order valence-corrected chi connectivity index (χ2v) is 6.81. The van der Waals surface area contributed by atoms with Crippen molar-refractivity contribution in [2.24, 2.45) is 0 Å². The van der Waals surface area contributed by atoms with E-state index in [4.69, 9.17) is 9.47 Å². The highest BCUT2D eigenvalue weighted by atomic mass is 16.5. The first-order valence-corrected chi connectivity index (χ1v) is 9.87. The summed E-state index contributed by atoms with van der Waals surface area (Å²) in [6.07, 6.45) is 0.751. The molecule has 0 bridgehead atoms. The van der Waals surface area contributed by atoms with E-state index in [2.05, 4.69) is 6.92 Å². The van der Waals surface area contributed by atoms with Crippen LogP contribution in [-0.4, -0.2) is 61.5 Å². The number of ether oxygens (including phenoxy) is 2. The van der Waals surface area contributed by atoms with Crippen LogP contribution >= 0.6 is 0 Å². The van der Waals surface area contributed by atoms with Gasteiger partial charge in [0.2, 0.25) is 5.91 Å². The average molecular weight is 402 g/mol. The molecule has 0 radical (unpaired) electrons. The molecule has 0 heterocycles. The van der Waals surface area contributed by atoms with Gasteiger partial charge in [-0.15, -0.1) is 0 Å². The van der Waals surface area contributed by atoms with Crippen LogP contribution in [0, 0.1) is 0 Å². The van der Waals surface area contributed by atoms with E-state index in [1.807, 2.05) is 48.5 Å². The first-order valence-electron chi connectivity index (χ1n) is 9.87. The van der Waals surface area contributed by atoms with E-state index in [9.17, 15) is 15.0 Å². The number of methoxy groups -OCH3 is 2. The first-order chi connectivity index (χ1) is 14.1. The van der Waals surface area contributed by atoms with Crippen LogP contribution < -0.4 is 9.47 Å². The predicted octanol–water partition coefficient (Wildman–Crippen LogP) is 2.79. The topological polar surface area (TPSA) is 79.2 Å². The molecule has 2 aromatic rings. The number of carbonyl (C=O) groups is 1. The van der Waals surface area contributed by atoms with Crippen LogP contribution in [0.5, 0.6) is 11.5 Å². The Labute approximate surface area is 172 Å². The Balaban J connectivity index is 2.48.